The molecule has 21 heavy (non-hydrogen) atoms. The summed E-state index contributed by atoms with van der Waals surface area (Å²) in [5, 5.41) is 23.0. The maximum atomic E-state index is 11.9. The van der Waals surface area contributed by atoms with Crippen molar-refractivity contribution in [1.29, 1.82) is 0 Å². The Morgan fingerprint density at radius 1 is 1.10 bits per heavy atom. The molecule has 5 unspecified atom stereocenters. The molecule has 0 aliphatic carbocycles. The van der Waals surface area contributed by atoms with Crippen LogP contribution >= 0.6 is 0 Å². The van der Waals surface area contributed by atoms with Crippen LogP contribution < -0.4 is 16.4 Å². The lowest BCUT2D eigenvalue weighted by molar-refractivity contribution is -0.143. The van der Waals surface area contributed by atoms with Crippen molar-refractivity contribution in [2.45, 2.75) is 58.3 Å². The van der Waals surface area contributed by atoms with Gasteiger partial charge in [0.15, 0.2) is 0 Å². The first-order valence-electron chi connectivity index (χ1n) is 6.88. The smallest absolute Gasteiger partial charge is 0.326 e. The number of carbonyl (C=O) groups excluding carboxylic acids is 2. The quantitative estimate of drug-likeness (QED) is 0.382. The molecule has 0 heterocycles. The van der Waals surface area contributed by atoms with E-state index in [0.29, 0.717) is 6.42 Å². The predicted octanol–water partition coefficient (Wildman–Crippen LogP) is -1.19. The molecule has 0 saturated heterocycles. The summed E-state index contributed by atoms with van der Waals surface area (Å²) in [5.74, 6) is -2.66. The summed E-state index contributed by atoms with van der Waals surface area (Å²) < 4.78 is 0. The van der Waals surface area contributed by atoms with Gasteiger partial charge in [0.2, 0.25) is 11.8 Å². The van der Waals surface area contributed by atoms with E-state index in [-0.39, 0.29) is 5.92 Å². The SMILES string of the molecule is CCC(C)C(NC(=O)C(C)NC(=O)C(N)C(C)O)C(=O)O. The average molecular weight is 303 g/mol. The molecule has 6 N–H and O–H groups in total. The van der Waals surface area contributed by atoms with Crippen molar-refractivity contribution in [1.82, 2.24) is 10.6 Å². The van der Waals surface area contributed by atoms with Gasteiger partial charge in [-0.2, -0.15) is 0 Å². The summed E-state index contributed by atoms with van der Waals surface area (Å²) in [7, 11) is 0. The highest BCUT2D eigenvalue weighted by Gasteiger charge is 2.29. The molecule has 5 atom stereocenters. The standard InChI is InChI=1S/C13H25N3O5/c1-5-6(2)10(13(20)21)16-11(18)7(3)15-12(19)9(14)8(4)17/h6-10,17H,5,14H2,1-4H3,(H,15,19)(H,16,18)(H,20,21). The molecular formula is C13H25N3O5. The number of nitrogens with two attached hydrogens (primary N) is 1. The van der Waals surface area contributed by atoms with E-state index in [0.717, 1.165) is 0 Å². The van der Waals surface area contributed by atoms with Crippen molar-refractivity contribution in [2.24, 2.45) is 11.7 Å². The number of hydrogen-bond acceptors (Lipinski definition) is 5. The van der Waals surface area contributed by atoms with Crippen LogP contribution in [0.5, 0.6) is 0 Å². The molecule has 0 spiro atoms. The fourth-order valence-corrected chi connectivity index (χ4v) is 1.56. The number of amides is 2. The van der Waals surface area contributed by atoms with Gasteiger partial charge in [-0.05, 0) is 19.8 Å². The summed E-state index contributed by atoms with van der Waals surface area (Å²) in [5.41, 5.74) is 5.44. The molecule has 0 radical (unpaired) electrons. The first-order chi connectivity index (χ1) is 9.61. The minimum atomic E-state index is -1.15. The monoisotopic (exact) mass is 303 g/mol. The lowest BCUT2D eigenvalue weighted by atomic mass is 9.99. The highest BCUT2D eigenvalue weighted by atomic mass is 16.4. The molecule has 0 aliphatic rings. The molecule has 2 amide bonds. The summed E-state index contributed by atoms with van der Waals surface area (Å²) in [6.45, 7) is 6.31. The molecule has 0 rings (SSSR count). The van der Waals surface area contributed by atoms with Crippen LogP contribution in [0.1, 0.15) is 34.1 Å². The Labute approximate surface area is 124 Å². The Morgan fingerprint density at radius 3 is 2.00 bits per heavy atom. The highest BCUT2D eigenvalue weighted by Crippen LogP contribution is 2.08. The van der Waals surface area contributed by atoms with Gasteiger partial charge in [-0.1, -0.05) is 20.3 Å². The molecular weight excluding hydrogens is 278 g/mol. The van der Waals surface area contributed by atoms with Crippen LogP contribution in [0.3, 0.4) is 0 Å². The zero-order chi connectivity index (χ0) is 16.7. The molecule has 0 aromatic carbocycles. The molecule has 0 bridgehead atoms. The Kier molecular flexibility index (Phi) is 7.90. The van der Waals surface area contributed by atoms with Gasteiger partial charge in [-0.3, -0.25) is 9.59 Å². The molecule has 8 nitrogen and oxygen atoms in total. The molecule has 8 heteroatoms. The summed E-state index contributed by atoms with van der Waals surface area (Å²) >= 11 is 0. The van der Waals surface area contributed by atoms with Gasteiger partial charge >= 0.3 is 5.97 Å². The molecule has 0 aromatic rings. The van der Waals surface area contributed by atoms with E-state index in [2.05, 4.69) is 10.6 Å². The Morgan fingerprint density at radius 2 is 1.62 bits per heavy atom. The Bertz CT molecular complexity index is 386. The number of carboxylic acids is 1. The maximum absolute atomic E-state index is 11.9. The van der Waals surface area contributed by atoms with Crippen molar-refractivity contribution in [3.8, 4) is 0 Å². The number of aliphatic hydroxyl groups excluding tert-OH is 1. The number of carboxylic acid groups (broad SMARTS) is 1. The fourth-order valence-electron chi connectivity index (χ4n) is 1.56. The van der Waals surface area contributed by atoms with Crippen LogP contribution in [0.2, 0.25) is 0 Å². The third kappa shape index (κ3) is 6.09. The predicted molar refractivity (Wildman–Crippen MR) is 76.3 cm³/mol. The van der Waals surface area contributed by atoms with Gasteiger partial charge in [-0.15, -0.1) is 0 Å². The molecule has 0 aromatic heterocycles. The average Bonchev–Trinajstić information content (AvgIpc) is 2.41. The van der Waals surface area contributed by atoms with Crippen LogP contribution in [0.4, 0.5) is 0 Å². The van der Waals surface area contributed by atoms with E-state index < -0.39 is 42.0 Å². The van der Waals surface area contributed by atoms with Crippen LogP contribution in [-0.2, 0) is 14.4 Å². The Hall–Kier alpha value is -1.67. The summed E-state index contributed by atoms with van der Waals surface area (Å²) in [6.07, 6.45) is -0.461. The van der Waals surface area contributed by atoms with Gasteiger partial charge in [0.1, 0.15) is 18.1 Å². The van der Waals surface area contributed by atoms with E-state index in [9.17, 15) is 19.5 Å². The van der Waals surface area contributed by atoms with Gasteiger partial charge < -0.3 is 26.6 Å². The topological polar surface area (TPSA) is 142 Å². The molecule has 122 valence electrons. The van der Waals surface area contributed by atoms with Crippen LogP contribution in [0.15, 0.2) is 0 Å². The molecule has 0 aliphatic heterocycles. The molecule has 0 saturated carbocycles. The number of aliphatic hydroxyl groups is 1. The number of carbonyl (C=O) groups is 3. The number of aliphatic carboxylic acids is 1. The largest absolute Gasteiger partial charge is 0.480 e. The van der Waals surface area contributed by atoms with Crippen molar-refractivity contribution in [3.63, 3.8) is 0 Å². The van der Waals surface area contributed by atoms with E-state index >= 15 is 0 Å². The van der Waals surface area contributed by atoms with Gasteiger partial charge in [-0.25, -0.2) is 4.79 Å². The summed E-state index contributed by atoms with van der Waals surface area (Å²) in [6, 6.07) is -3.12. The van der Waals surface area contributed by atoms with Gasteiger partial charge in [0.05, 0.1) is 6.10 Å². The minimum Gasteiger partial charge on any atom is -0.480 e. The lowest BCUT2D eigenvalue weighted by Gasteiger charge is -2.23. The normalized spacial score (nSPS) is 18.0. The minimum absolute atomic E-state index is 0.242. The number of rotatable bonds is 8. The van der Waals surface area contributed by atoms with Crippen LogP contribution in [-0.4, -0.2) is 52.2 Å². The number of nitrogens with one attached hydrogen (secondary N) is 2. The maximum Gasteiger partial charge on any atom is 0.326 e. The first kappa shape index (κ1) is 19.3. The Balaban J connectivity index is 4.64. The molecule has 0 fully saturated rings. The van der Waals surface area contributed by atoms with Crippen molar-refractivity contribution >= 4 is 17.8 Å². The van der Waals surface area contributed by atoms with Gasteiger partial charge in [0.25, 0.3) is 0 Å². The second-order valence-corrected chi connectivity index (χ2v) is 5.21. The first-order valence-corrected chi connectivity index (χ1v) is 6.88. The lowest BCUT2D eigenvalue weighted by Crippen LogP contribution is -2.56. The van der Waals surface area contributed by atoms with Crippen molar-refractivity contribution in [3.05, 3.63) is 0 Å². The van der Waals surface area contributed by atoms with E-state index in [1.807, 2.05) is 6.92 Å². The van der Waals surface area contributed by atoms with E-state index in [1.54, 1.807) is 6.92 Å². The highest BCUT2D eigenvalue weighted by molar-refractivity contribution is 5.91. The third-order valence-corrected chi connectivity index (χ3v) is 3.35. The van der Waals surface area contributed by atoms with Crippen LogP contribution in [0.25, 0.3) is 0 Å². The van der Waals surface area contributed by atoms with Crippen molar-refractivity contribution in [2.75, 3.05) is 0 Å². The second-order valence-electron chi connectivity index (χ2n) is 5.21. The van der Waals surface area contributed by atoms with Gasteiger partial charge in [0, 0.05) is 0 Å². The second kappa shape index (κ2) is 8.58. The van der Waals surface area contributed by atoms with E-state index in [4.69, 9.17) is 10.8 Å². The fraction of sp³-hybridized carbons (Fsp3) is 0.769. The summed E-state index contributed by atoms with van der Waals surface area (Å²) in [4.78, 5) is 34.7. The van der Waals surface area contributed by atoms with E-state index in [1.165, 1.54) is 13.8 Å². The number of hydrogen-bond donors (Lipinski definition) is 5. The zero-order valence-electron chi connectivity index (χ0n) is 12.8. The van der Waals surface area contributed by atoms with Crippen LogP contribution in [0, 0.1) is 5.92 Å². The van der Waals surface area contributed by atoms with Crippen molar-refractivity contribution < 1.29 is 24.6 Å². The third-order valence-electron chi connectivity index (χ3n) is 3.35. The zero-order valence-corrected chi connectivity index (χ0v) is 12.8.